The fraction of sp³-hybridized carbons (Fsp3) is 0.412. The molecule has 1 aromatic heterocycles. The molecular weight excluding hydrogens is 260 g/mol. The van der Waals surface area contributed by atoms with Crippen LogP contribution in [-0.2, 0) is 19.5 Å². The number of nitrogens with one attached hydrogen (secondary N) is 1. The molecule has 0 unspecified atom stereocenters. The lowest BCUT2D eigenvalue weighted by molar-refractivity contribution is 0.576. The molecule has 1 aliphatic rings. The molecule has 1 aromatic carbocycles. The van der Waals surface area contributed by atoms with Crippen LogP contribution in [0.1, 0.15) is 30.7 Å². The Morgan fingerprint density at radius 1 is 1.10 bits per heavy atom. The van der Waals surface area contributed by atoms with Gasteiger partial charge in [0.05, 0.1) is 5.69 Å². The van der Waals surface area contributed by atoms with Crippen molar-refractivity contribution in [1.82, 2.24) is 15.5 Å². The quantitative estimate of drug-likeness (QED) is 0.935. The van der Waals surface area contributed by atoms with Crippen molar-refractivity contribution in [3.63, 3.8) is 0 Å². The number of aromatic nitrogens is 2. The summed E-state index contributed by atoms with van der Waals surface area (Å²) in [7, 11) is 0. The normalized spacial score (nSPS) is 14.3. The summed E-state index contributed by atoms with van der Waals surface area (Å²) < 4.78 is 0. The molecule has 0 amide bonds. The Hall–Kier alpha value is -1.94. The van der Waals surface area contributed by atoms with E-state index in [0.29, 0.717) is 6.04 Å². The summed E-state index contributed by atoms with van der Waals surface area (Å²) in [6, 6.07) is 13.3. The Kier molecular flexibility index (Phi) is 4.15. The van der Waals surface area contributed by atoms with Gasteiger partial charge in [0.15, 0.2) is 5.82 Å². The molecular formula is C17H22N4. The number of fused-ring (bicyclic) bond motifs is 1. The van der Waals surface area contributed by atoms with Crippen LogP contribution in [0.3, 0.4) is 0 Å². The molecule has 0 radical (unpaired) electrons. The van der Waals surface area contributed by atoms with E-state index >= 15 is 0 Å². The highest BCUT2D eigenvalue weighted by Gasteiger charge is 2.17. The van der Waals surface area contributed by atoms with Gasteiger partial charge in [0.25, 0.3) is 0 Å². The molecule has 3 rings (SSSR count). The van der Waals surface area contributed by atoms with Crippen LogP contribution in [0.5, 0.6) is 0 Å². The van der Waals surface area contributed by atoms with Crippen molar-refractivity contribution in [1.29, 1.82) is 0 Å². The van der Waals surface area contributed by atoms with Crippen molar-refractivity contribution in [3.05, 3.63) is 53.2 Å². The van der Waals surface area contributed by atoms with E-state index in [2.05, 4.69) is 70.7 Å². The Balaban J connectivity index is 1.68. The lowest BCUT2D eigenvalue weighted by Gasteiger charge is -2.29. The summed E-state index contributed by atoms with van der Waals surface area (Å²) in [5.74, 6) is 0.970. The van der Waals surface area contributed by atoms with Gasteiger partial charge in [-0.25, -0.2) is 0 Å². The predicted molar refractivity (Wildman–Crippen MR) is 85.2 cm³/mol. The molecule has 4 heteroatoms. The Bertz CT molecular complexity index is 592. The number of hydrogen-bond acceptors (Lipinski definition) is 4. The molecule has 0 atom stereocenters. The fourth-order valence-electron chi connectivity index (χ4n) is 2.62. The van der Waals surface area contributed by atoms with Gasteiger partial charge in [-0.15, -0.1) is 5.10 Å². The van der Waals surface area contributed by atoms with E-state index in [9.17, 15) is 0 Å². The minimum absolute atomic E-state index is 0.463. The minimum atomic E-state index is 0.463. The summed E-state index contributed by atoms with van der Waals surface area (Å²) >= 11 is 0. The molecule has 0 fully saturated rings. The number of benzene rings is 1. The van der Waals surface area contributed by atoms with Gasteiger partial charge in [-0.2, -0.15) is 5.10 Å². The van der Waals surface area contributed by atoms with Gasteiger partial charge in [-0.1, -0.05) is 38.1 Å². The van der Waals surface area contributed by atoms with Crippen molar-refractivity contribution in [3.8, 4) is 0 Å². The topological polar surface area (TPSA) is 41.0 Å². The van der Waals surface area contributed by atoms with Crippen molar-refractivity contribution in [2.45, 2.75) is 39.4 Å². The monoisotopic (exact) mass is 282 g/mol. The van der Waals surface area contributed by atoms with E-state index in [1.54, 1.807) is 0 Å². The largest absolute Gasteiger partial charge is 0.350 e. The molecule has 0 spiro atoms. The third-order valence-corrected chi connectivity index (χ3v) is 3.85. The van der Waals surface area contributed by atoms with E-state index in [4.69, 9.17) is 0 Å². The van der Waals surface area contributed by atoms with Gasteiger partial charge in [-0.05, 0) is 29.7 Å². The zero-order valence-corrected chi connectivity index (χ0v) is 12.7. The molecule has 0 bridgehead atoms. The smallest absolute Gasteiger partial charge is 0.151 e. The van der Waals surface area contributed by atoms with Crippen molar-refractivity contribution in [2.24, 2.45) is 0 Å². The van der Waals surface area contributed by atoms with Crippen LogP contribution in [0.15, 0.2) is 36.4 Å². The number of nitrogens with zero attached hydrogens (tertiary/aromatic N) is 3. The molecule has 0 saturated heterocycles. The highest BCUT2D eigenvalue weighted by molar-refractivity contribution is 5.43. The summed E-state index contributed by atoms with van der Waals surface area (Å²) in [5.41, 5.74) is 3.85. The van der Waals surface area contributed by atoms with E-state index in [1.807, 2.05) is 0 Å². The number of hydrogen-bond donors (Lipinski definition) is 1. The van der Waals surface area contributed by atoms with Crippen LogP contribution in [0.2, 0.25) is 0 Å². The second-order valence-electron chi connectivity index (χ2n) is 5.86. The molecule has 0 saturated carbocycles. The van der Waals surface area contributed by atoms with Gasteiger partial charge in [-0.3, -0.25) is 0 Å². The van der Waals surface area contributed by atoms with E-state index in [-0.39, 0.29) is 0 Å². The third-order valence-electron chi connectivity index (χ3n) is 3.85. The predicted octanol–water partition coefficient (Wildman–Crippen LogP) is 2.54. The average molecular weight is 282 g/mol. The van der Waals surface area contributed by atoms with Crippen LogP contribution < -0.4 is 10.2 Å². The zero-order valence-electron chi connectivity index (χ0n) is 12.7. The summed E-state index contributed by atoms with van der Waals surface area (Å²) in [4.78, 5) is 2.30. The average Bonchev–Trinajstić information content (AvgIpc) is 2.53. The lowest BCUT2D eigenvalue weighted by Crippen LogP contribution is -2.31. The molecule has 21 heavy (non-hydrogen) atoms. The van der Waals surface area contributed by atoms with Gasteiger partial charge in [0.2, 0.25) is 0 Å². The number of anilines is 1. The maximum absolute atomic E-state index is 4.39. The Morgan fingerprint density at radius 2 is 1.90 bits per heavy atom. The Morgan fingerprint density at radius 3 is 2.62 bits per heavy atom. The molecule has 4 nitrogen and oxygen atoms in total. The SMILES string of the molecule is CC(C)NCc1ccc(N2CCc3ccccc3C2)nn1. The highest BCUT2D eigenvalue weighted by atomic mass is 15.3. The van der Waals surface area contributed by atoms with Gasteiger partial charge in [0, 0.05) is 25.7 Å². The first-order chi connectivity index (χ1) is 10.2. The van der Waals surface area contributed by atoms with Crippen LogP contribution in [0.4, 0.5) is 5.82 Å². The lowest BCUT2D eigenvalue weighted by atomic mass is 10.00. The van der Waals surface area contributed by atoms with Crippen molar-refractivity contribution >= 4 is 5.82 Å². The van der Waals surface area contributed by atoms with Crippen molar-refractivity contribution in [2.75, 3.05) is 11.4 Å². The van der Waals surface area contributed by atoms with Gasteiger partial charge in [0.1, 0.15) is 0 Å². The van der Waals surface area contributed by atoms with Crippen LogP contribution >= 0.6 is 0 Å². The molecule has 0 aliphatic carbocycles. The van der Waals surface area contributed by atoms with Gasteiger partial charge < -0.3 is 10.2 Å². The van der Waals surface area contributed by atoms with E-state index in [0.717, 1.165) is 37.6 Å². The molecule has 2 heterocycles. The standard InChI is InChI=1S/C17H22N4/c1-13(2)18-11-16-7-8-17(20-19-16)21-10-9-14-5-3-4-6-15(14)12-21/h3-8,13,18H,9-12H2,1-2H3. The first-order valence-corrected chi connectivity index (χ1v) is 7.60. The minimum Gasteiger partial charge on any atom is -0.350 e. The number of rotatable bonds is 4. The first kappa shape index (κ1) is 14.0. The maximum atomic E-state index is 4.39. The second-order valence-corrected chi connectivity index (χ2v) is 5.86. The van der Waals surface area contributed by atoms with Crippen LogP contribution in [-0.4, -0.2) is 22.8 Å². The summed E-state index contributed by atoms with van der Waals surface area (Å²) in [6.45, 7) is 6.97. The van der Waals surface area contributed by atoms with Crippen molar-refractivity contribution < 1.29 is 0 Å². The third kappa shape index (κ3) is 3.39. The Labute approximate surface area is 126 Å². The summed E-state index contributed by atoms with van der Waals surface area (Å²) in [5, 5.41) is 12.1. The molecule has 110 valence electrons. The maximum Gasteiger partial charge on any atom is 0.151 e. The molecule has 1 N–H and O–H groups in total. The fourth-order valence-corrected chi connectivity index (χ4v) is 2.62. The second kappa shape index (κ2) is 6.22. The summed E-state index contributed by atoms with van der Waals surface area (Å²) in [6.07, 6.45) is 1.08. The highest BCUT2D eigenvalue weighted by Crippen LogP contribution is 2.22. The molecule has 1 aliphatic heterocycles. The van der Waals surface area contributed by atoms with Crippen LogP contribution in [0, 0.1) is 0 Å². The van der Waals surface area contributed by atoms with Gasteiger partial charge >= 0.3 is 0 Å². The first-order valence-electron chi connectivity index (χ1n) is 7.60. The molecule has 2 aromatic rings. The van der Waals surface area contributed by atoms with Crippen LogP contribution in [0.25, 0.3) is 0 Å². The van der Waals surface area contributed by atoms with E-state index < -0.39 is 0 Å². The van der Waals surface area contributed by atoms with E-state index in [1.165, 1.54) is 11.1 Å². The zero-order chi connectivity index (χ0) is 14.7.